The summed E-state index contributed by atoms with van der Waals surface area (Å²) in [5.74, 6) is 0.714. The van der Waals surface area contributed by atoms with Gasteiger partial charge in [0.25, 0.3) is 5.91 Å². The molecule has 0 fully saturated rings. The van der Waals surface area contributed by atoms with Crippen LogP contribution in [0.3, 0.4) is 0 Å². The molecule has 1 N–H and O–H groups in total. The van der Waals surface area contributed by atoms with E-state index < -0.39 is 6.10 Å². The molecular weight excluding hydrogens is 302 g/mol. The van der Waals surface area contributed by atoms with E-state index in [2.05, 4.69) is 5.32 Å². The highest BCUT2D eigenvalue weighted by Crippen LogP contribution is 2.22. The van der Waals surface area contributed by atoms with Gasteiger partial charge in [0.05, 0.1) is 6.04 Å². The summed E-state index contributed by atoms with van der Waals surface area (Å²) in [5, 5.41) is 2.95. The number of methoxy groups -OCH3 is 1. The lowest BCUT2D eigenvalue weighted by atomic mass is 10.1. The van der Waals surface area contributed by atoms with Gasteiger partial charge in [0.1, 0.15) is 12.4 Å². The van der Waals surface area contributed by atoms with Crippen LogP contribution in [0.25, 0.3) is 0 Å². The van der Waals surface area contributed by atoms with Crippen LogP contribution in [0, 0.1) is 13.8 Å². The number of benzene rings is 2. The van der Waals surface area contributed by atoms with Gasteiger partial charge < -0.3 is 14.8 Å². The Labute approximate surface area is 143 Å². The minimum absolute atomic E-state index is 0.127. The van der Waals surface area contributed by atoms with Gasteiger partial charge in [0.15, 0.2) is 6.10 Å². The maximum atomic E-state index is 12.4. The Kier molecular flexibility index (Phi) is 6.38. The normalized spacial score (nSPS) is 13.2. The van der Waals surface area contributed by atoms with Gasteiger partial charge in [-0.3, -0.25) is 4.79 Å². The van der Waals surface area contributed by atoms with Crippen molar-refractivity contribution < 1.29 is 14.3 Å². The van der Waals surface area contributed by atoms with Crippen molar-refractivity contribution in [2.45, 2.75) is 32.9 Å². The van der Waals surface area contributed by atoms with Crippen LogP contribution in [0.1, 0.15) is 29.7 Å². The summed E-state index contributed by atoms with van der Waals surface area (Å²) in [6.45, 7) is 6.36. The Morgan fingerprint density at radius 1 is 1.04 bits per heavy atom. The molecule has 0 unspecified atom stereocenters. The number of amides is 1. The third-order valence-corrected chi connectivity index (χ3v) is 3.85. The molecule has 2 aromatic rings. The van der Waals surface area contributed by atoms with Crippen molar-refractivity contribution in [1.29, 1.82) is 0 Å². The highest BCUT2D eigenvalue weighted by atomic mass is 16.5. The zero-order valence-corrected chi connectivity index (χ0v) is 14.7. The number of carbonyl (C=O) groups is 1. The maximum Gasteiger partial charge on any atom is 0.254 e. The van der Waals surface area contributed by atoms with Gasteiger partial charge in [-0.2, -0.15) is 0 Å². The van der Waals surface area contributed by atoms with Crippen LogP contribution in [-0.2, 0) is 9.53 Å². The molecule has 2 rings (SSSR count). The molecule has 128 valence electrons. The predicted molar refractivity (Wildman–Crippen MR) is 95.2 cm³/mol. The molecular formula is C20H25NO3. The molecule has 0 bridgehead atoms. The van der Waals surface area contributed by atoms with Gasteiger partial charge >= 0.3 is 0 Å². The smallest absolute Gasteiger partial charge is 0.254 e. The van der Waals surface area contributed by atoms with E-state index >= 15 is 0 Å². The molecule has 0 saturated heterocycles. The van der Waals surface area contributed by atoms with E-state index in [0.717, 1.165) is 22.4 Å². The molecule has 0 aliphatic heterocycles. The van der Waals surface area contributed by atoms with Gasteiger partial charge in [-0.1, -0.05) is 48.5 Å². The molecule has 0 aliphatic carbocycles. The van der Waals surface area contributed by atoms with Crippen molar-refractivity contribution in [3.63, 3.8) is 0 Å². The van der Waals surface area contributed by atoms with Gasteiger partial charge in [0.2, 0.25) is 0 Å². The largest absolute Gasteiger partial charge is 0.491 e. The van der Waals surface area contributed by atoms with Crippen molar-refractivity contribution >= 4 is 5.91 Å². The Morgan fingerprint density at radius 2 is 1.67 bits per heavy atom. The summed E-state index contributed by atoms with van der Waals surface area (Å²) in [7, 11) is 1.54. The summed E-state index contributed by atoms with van der Waals surface area (Å²) < 4.78 is 11.2. The first-order valence-corrected chi connectivity index (χ1v) is 8.10. The standard InChI is InChI=1S/C20H25NO3/c1-14-9-8-10-15(2)18(14)24-13-16(3)21-20(22)19(23-4)17-11-6-5-7-12-17/h5-12,16,19H,13H2,1-4H3,(H,21,22)/t16-,19-/m1/s1. The minimum atomic E-state index is -0.617. The summed E-state index contributed by atoms with van der Waals surface area (Å²) in [6.07, 6.45) is -0.617. The fraction of sp³-hybridized carbons (Fsp3) is 0.350. The monoisotopic (exact) mass is 327 g/mol. The average Bonchev–Trinajstić information content (AvgIpc) is 2.56. The number of ether oxygens (including phenoxy) is 2. The first-order valence-electron chi connectivity index (χ1n) is 8.10. The quantitative estimate of drug-likeness (QED) is 0.845. The predicted octanol–water partition coefficient (Wildman–Crippen LogP) is 3.57. The van der Waals surface area contributed by atoms with Crippen LogP contribution >= 0.6 is 0 Å². The Bertz CT molecular complexity index is 650. The number of nitrogens with one attached hydrogen (secondary N) is 1. The van der Waals surface area contributed by atoms with Crippen LogP contribution in [0.4, 0.5) is 0 Å². The lowest BCUT2D eigenvalue weighted by Crippen LogP contribution is -2.40. The van der Waals surface area contributed by atoms with E-state index in [4.69, 9.17) is 9.47 Å². The summed E-state index contributed by atoms with van der Waals surface area (Å²) in [4.78, 5) is 12.4. The summed E-state index contributed by atoms with van der Waals surface area (Å²) >= 11 is 0. The number of para-hydroxylation sites is 1. The second-order valence-electron chi connectivity index (χ2n) is 5.97. The number of rotatable bonds is 7. The molecule has 0 spiro atoms. The topological polar surface area (TPSA) is 47.6 Å². The maximum absolute atomic E-state index is 12.4. The van der Waals surface area contributed by atoms with Crippen LogP contribution in [0.15, 0.2) is 48.5 Å². The molecule has 1 amide bonds. The van der Waals surface area contributed by atoms with E-state index in [-0.39, 0.29) is 11.9 Å². The van der Waals surface area contributed by atoms with Gasteiger partial charge in [-0.15, -0.1) is 0 Å². The summed E-state index contributed by atoms with van der Waals surface area (Å²) in [6, 6.07) is 15.4. The van der Waals surface area contributed by atoms with Crippen LogP contribution in [0.5, 0.6) is 5.75 Å². The number of hydrogen-bond acceptors (Lipinski definition) is 3. The van der Waals surface area contributed by atoms with Crippen molar-refractivity contribution in [3.05, 3.63) is 65.2 Å². The minimum Gasteiger partial charge on any atom is -0.491 e. The van der Waals surface area contributed by atoms with Crippen LogP contribution < -0.4 is 10.1 Å². The lowest BCUT2D eigenvalue weighted by Gasteiger charge is -2.21. The van der Waals surface area contributed by atoms with Crippen molar-refractivity contribution in [2.75, 3.05) is 13.7 Å². The van der Waals surface area contributed by atoms with Crippen LogP contribution in [0.2, 0.25) is 0 Å². The second kappa shape index (κ2) is 8.50. The van der Waals surface area contributed by atoms with E-state index in [1.54, 1.807) is 0 Å². The Hall–Kier alpha value is -2.33. The average molecular weight is 327 g/mol. The summed E-state index contributed by atoms with van der Waals surface area (Å²) in [5.41, 5.74) is 3.01. The highest BCUT2D eigenvalue weighted by molar-refractivity contribution is 5.82. The lowest BCUT2D eigenvalue weighted by molar-refractivity contribution is -0.132. The molecule has 0 heterocycles. The van der Waals surface area contributed by atoms with Crippen molar-refractivity contribution in [1.82, 2.24) is 5.32 Å². The zero-order chi connectivity index (χ0) is 17.5. The fourth-order valence-corrected chi connectivity index (χ4v) is 2.62. The molecule has 0 aliphatic rings. The molecule has 0 saturated carbocycles. The molecule has 4 heteroatoms. The number of carbonyl (C=O) groups excluding carboxylic acids is 1. The van der Waals surface area contributed by atoms with Crippen molar-refractivity contribution in [3.8, 4) is 5.75 Å². The molecule has 24 heavy (non-hydrogen) atoms. The third kappa shape index (κ3) is 4.59. The van der Waals surface area contributed by atoms with Crippen molar-refractivity contribution in [2.24, 2.45) is 0 Å². The fourth-order valence-electron chi connectivity index (χ4n) is 2.62. The van der Waals surface area contributed by atoms with E-state index in [1.165, 1.54) is 7.11 Å². The molecule has 2 atom stereocenters. The van der Waals surface area contributed by atoms with E-state index in [0.29, 0.717) is 6.61 Å². The number of hydrogen-bond donors (Lipinski definition) is 1. The Morgan fingerprint density at radius 3 is 2.25 bits per heavy atom. The molecule has 0 aromatic heterocycles. The number of aryl methyl sites for hydroxylation is 2. The highest BCUT2D eigenvalue weighted by Gasteiger charge is 2.21. The molecule has 2 aromatic carbocycles. The Balaban J connectivity index is 1.94. The van der Waals surface area contributed by atoms with Gasteiger partial charge in [-0.05, 0) is 37.5 Å². The van der Waals surface area contributed by atoms with Gasteiger partial charge in [0, 0.05) is 7.11 Å². The third-order valence-electron chi connectivity index (χ3n) is 3.85. The SMILES string of the molecule is CO[C@@H](C(=O)N[C@H](C)COc1c(C)cccc1C)c1ccccc1. The second-order valence-corrected chi connectivity index (χ2v) is 5.97. The first kappa shape index (κ1) is 18.0. The van der Waals surface area contributed by atoms with E-state index in [1.807, 2.05) is 69.3 Å². The van der Waals surface area contributed by atoms with E-state index in [9.17, 15) is 4.79 Å². The van der Waals surface area contributed by atoms with Gasteiger partial charge in [-0.25, -0.2) is 0 Å². The molecule has 4 nitrogen and oxygen atoms in total. The van der Waals surface area contributed by atoms with Crippen LogP contribution in [-0.4, -0.2) is 25.7 Å². The first-order chi connectivity index (χ1) is 11.5. The molecule has 0 radical (unpaired) electrons. The zero-order valence-electron chi connectivity index (χ0n) is 14.7.